The lowest BCUT2D eigenvalue weighted by Gasteiger charge is -2.14. The van der Waals surface area contributed by atoms with Crippen molar-refractivity contribution in [1.82, 2.24) is 9.78 Å². The monoisotopic (exact) mass is 516 g/mol. The molecule has 0 unspecified atom stereocenters. The van der Waals surface area contributed by atoms with Crippen molar-refractivity contribution in [2.75, 3.05) is 27.9 Å². The molecule has 9 heteroatoms. The number of nitrogens with zero attached hydrogens (tertiary/aromatic N) is 2. The fraction of sp³-hybridized carbons (Fsp3) is 0.207. The van der Waals surface area contributed by atoms with Crippen LogP contribution >= 0.6 is 0 Å². The zero-order chi connectivity index (χ0) is 27.1. The van der Waals surface area contributed by atoms with E-state index in [1.165, 1.54) is 18.9 Å². The van der Waals surface area contributed by atoms with Gasteiger partial charge in [0.15, 0.2) is 17.2 Å². The van der Waals surface area contributed by atoms with Gasteiger partial charge in [0, 0.05) is 5.56 Å². The third kappa shape index (κ3) is 5.46. The zero-order valence-electron chi connectivity index (χ0n) is 21.6. The summed E-state index contributed by atoms with van der Waals surface area (Å²) in [5.41, 5.74) is 2.21. The van der Waals surface area contributed by atoms with Gasteiger partial charge in [-0.15, -0.1) is 0 Å². The Morgan fingerprint density at radius 2 is 1.58 bits per heavy atom. The molecular formula is C29H28N2O7. The molecule has 0 N–H and O–H groups in total. The molecule has 4 rings (SSSR count). The van der Waals surface area contributed by atoms with Crippen LogP contribution in [0.5, 0.6) is 17.2 Å². The first-order valence-electron chi connectivity index (χ1n) is 11.9. The molecule has 0 amide bonds. The van der Waals surface area contributed by atoms with Crippen LogP contribution in [0.25, 0.3) is 16.9 Å². The summed E-state index contributed by atoms with van der Waals surface area (Å²) < 4.78 is 28.6. The van der Waals surface area contributed by atoms with Crippen LogP contribution in [0.15, 0.2) is 72.8 Å². The highest BCUT2D eigenvalue weighted by Crippen LogP contribution is 2.36. The molecule has 1 aromatic heterocycles. The number of methoxy groups -OCH3 is 3. The summed E-state index contributed by atoms with van der Waals surface area (Å²) in [4.78, 5) is 25.8. The van der Waals surface area contributed by atoms with Crippen molar-refractivity contribution in [2.45, 2.75) is 13.5 Å². The normalized spacial score (nSPS) is 10.5. The first-order chi connectivity index (χ1) is 18.5. The molecule has 0 bridgehead atoms. The SMILES string of the molecule is CCOc1cc(-c2nn(-c3ccccc3)c(C(=O)OC)c2C(=O)OC)ccc1OCc1cccc(OC)c1. The predicted octanol–water partition coefficient (Wildman–Crippen LogP) is 5.10. The second kappa shape index (κ2) is 12.0. The minimum absolute atomic E-state index is 0.0179. The molecule has 0 spiro atoms. The van der Waals surface area contributed by atoms with Crippen LogP contribution in [0.3, 0.4) is 0 Å². The van der Waals surface area contributed by atoms with E-state index in [-0.39, 0.29) is 17.0 Å². The lowest BCUT2D eigenvalue weighted by atomic mass is 10.0. The van der Waals surface area contributed by atoms with Crippen LogP contribution in [0.4, 0.5) is 0 Å². The Balaban J connectivity index is 1.80. The Morgan fingerprint density at radius 3 is 2.26 bits per heavy atom. The van der Waals surface area contributed by atoms with Crippen LogP contribution in [0, 0.1) is 0 Å². The highest BCUT2D eigenvalue weighted by molar-refractivity contribution is 6.06. The highest BCUT2D eigenvalue weighted by Gasteiger charge is 2.31. The fourth-order valence-electron chi connectivity index (χ4n) is 3.92. The Bertz CT molecular complexity index is 1430. The molecule has 0 radical (unpaired) electrons. The number of aromatic nitrogens is 2. The van der Waals surface area contributed by atoms with E-state index in [1.54, 1.807) is 49.6 Å². The van der Waals surface area contributed by atoms with Crippen molar-refractivity contribution < 1.29 is 33.3 Å². The second-order valence-electron chi connectivity index (χ2n) is 8.04. The third-order valence-electron chi connectivity index (χ3n) is 5.70. The Labute approximate surface area is 220 Å². The zero-order valence-corrected chi connectivity index (χ0v) is 21.6. The van der Waals surface area contributed by atoms with Crippen molar-refractivity contribution in [3.05, 3.63) is 89.6 Å². The highest BCUT2D eigenvalue weighted by atomic mass is 16.5. The van der Waals surface area contributed by atoms with Gasteiger partial charge in [-0.2, -0.15) is 5.10 Å². The van der Waals surface area contributed by atoms with Crippen LogP contribution in [0.2, 0.25) is 0 Å². The van der Waals surface area contributed by atoms with E-state index < -0.39 is 11.9 Å². The maximum atomic E-state index is 12.9. The molecule has 0 aliphatic rings. The summed E-state index contributed by atoms with van der Waals surface area (Å²) in [6.07, 6.45) is 0. The predicted molar refractivity (Wildman–Crippen MR) is 140 cm³/mol. The van der Waals surface area contributed by atoms with E-state index in [0.29, 0.717) is 36.0 Å². The number of para-hydroxylation sites is 1. The second-order valence-corrected chi connectivity index (χ2v) is 8.04. The quantitative estimate of drug-likeness (QED) is 0.269. The van der Waals surface area contributed by atoms with E-state index in [9.17, 15) is 9.59 Å². The van der Waals surface area contributed by atoms with E-state index in [0.717, 1.165) is 11.3 Å². The summed E-state index contributed by atoms with van der Waals surface area (Å²) in [5, 5.41) is 4.64. The largest absolute Gasteiger partial charge is 0.497 e. The maximum absolute atomic E-state index is 12.9. The van der Waals surface area contributed by atoms with Crippen molar-refractivity contribution in [2.24, 2.45) is 0 Å². The number of carbonyl (C=O) groups is 2. The molecule has 196 valence electrons. The van der Waals surface area contributed by atoms with Gasteiger partial charge < -0.3 is 23.7 Å². The van der Waals surface area contributed by atoms with E-state index >= 15 is 0 Å². The van der Waals surface area contributed by atoms with Gasteiger partial charge in [-0.1, -0.05) is 30.3 Å². The molecule has 0 saturated carbocycles. The first kappa shape index (κ1) is 26.3. The summed E-state index contributed by atoms with van der Waals surface area (Å²) in [6.45, 7) is 2.53. The average molecular weight is 517 g/mol. The summed E-state index contributed by atoms with van der Waals surface area (Å²) >= 11 is 0. The number of hydrogen-bond acceptors (Lipinski definition) is 8. The summed E-state index contributed by atoms with van der Waals surface area (Å²) in [7, 11) is 4.10. The molecule has 4 aromatic rings. The van der Waals surface area contributed by atoms with Gasteiger partial charge in [0.1, 0.15) is 23.6 Å². The average Bonchev–Trinajstić information content (AvgIpc) is 3.37. The van der Waals surface area contributed by atoms with E-state index in [4.69, 9.17) is 23.7 Å². The van der Waals surface area contributed by atoms with Crippen molar-refractivity contribution in [3.8, 4) is 34.2 Å². The minimum Gasteiger partial charge on any atom is -0.497 e. The molecule has 0 fully saturated rings. The standard InChI is InChI=1S/C29H28N2O7/c1-5-37-24-17-20(14-15-23(24)38-18-19-10-9-13-22(16-19)34-2)26-25(28(32)35-3)27(29(33)36-4)31(30-26)21-11-7-6-8-12-21/h6-17H,5,18H2,1-4H3. The number of hydrogen-bond donors (Lipinski definition) is 0. The van der Waals surface area contributed by atoms with Gasteiger partial charge in [-0.25, -0.2) is 14.3 Å². The van der Waals surface area contributed by atoms with Gasteiger partial charge in [0.05, 0.1) is 33.6 Å². The van der Waals surface area contributed by atoms with Gasteiger partial charge >= 0.3 is 11.9 Å². The summed E-state index contributed by atoms with van der Waals surface area (Å²) in [5.74, 6) is 0.249. The number of rotatable bonds is 10. The Kier molecular flexibility index (Phi) is 8.27. The number of carbonyl (C=O) groups excluding carboxylic acids is 2. The first-order valence-corrected chi connectivity index (χ1v) is 11.9. The van der Waals surface area contributed by atoms with E-state index in [1.807, 2.05) is 37.3 Å². The lowest BCUT2D eigenvalue weighted by molar-refractivity contribution is 0.0549. The smallest absolute Gasteiger partial charge is 0.357 e. The van der Waals surface area contributed by atoms with Crippen LogP contribution in [-0.2, 0) is 16.1 Å². The van der Waals surface area contributed by atoms with Crippen molar-refractivity contribution in [1.29, 1.82) is 0 Å². The maximum Gasteiger partial charge on any atom is 0.357 e. The molecule has 3 aromatic carbocycles. The van der Waals surface area contributed by atoms with Crippen LogP contribution in [0.1, 0.15) is 33.3 Å². The molecule has 9 nitrogen and oxygen atoms in total. The van der Waals surface area contributed by atoms with Crippen LogP contribution < -0.4 is 14.2 Å². The molecular weight excluding hydrogens is 488 g/mol. The molecule has 1 heterocycles. The minimum atomic E-state index is -0.726. The number of benzene rings is 3. The van der Waals surface area contributed by atoms with Crippen molar-refractivity contribution in [3.63, 3.8) is 0 Å². The number of ether oxygens (including phenoxy) is 5. The lowest BCUT2D eigenvalue weighted by Crippen LogP contribution is -2.15. The van der Waals surface area contributed by atoms with Gasteiger partial charge in [0.25, 0.3) is 0 Å². The molecule has 0 atom stereocenters. The van der Waals surface area contributed by atoms with E-state index in [2.05, 4.69) is 5.10 Å². The Hall–Kier alpha value is -4.79. The molecule has 0 aliphatic heterocycles. The van der Waals surface area contributed by atoms with Gasteiger partial charge in [0.2, 0.25) is 0 Å². The summed E-state index contributed by atoms with van der Waals surface area (Å²) in [6, 6.07) is 21.8. The topological polar surface area (TPSA) is 98.1 Å². The number of esters is 2. The van der Waals surface area contributed by atoms with Gasteiger partial charge in [-0.3, -0.25) is 0 Å². The van der Waals surface area contributed by atoms with Crippen molar-refractivity contribution >= 4 is 11.9 Å². The molecule has 0 aliphatic carbocycles. The Morgan fingerprint density at radius 1 is 0.816 bits per heavy atom. The van der Waals surface area contributed by atoms with Gasteiger partial charge in [-0.05, 0) is 55.0 Å². The molecule has 0 saturated heterocycles. The third-order valence-corrected chi connectivity index (χ3v) is 5.70. The van der Waals surface area contributed by atoms with Crippen LogP contribution in [-0.4, -0.2) is 49.7 Å². The fourth-order valence-corrected chi connectivity index (χ4v) is 3.92. The molecule has 38 heavy (non-hydrogen) atoms.